The number of aryl methyl sites for hydroxylation is 1. The van der Waals surface area contributed by atoms with Crippen molar-refractivity contribution in [2.24, 2.45) is 5.92 Å². The van der Waals surface area contributed by atoms with E-state index in [0.717, 1.165) is 44.5 Å². The number of likely N-dealkylation sites (tertiary alicyclic amines) is 1. The molecule has 1 aliphatic rings. The molecule has 1 fully saturated rings. The van der Waals surface area contributed by atoms with Gasteiger partial charge in [-0.15, -0.1) is 11.3 Å². The highest BCUT2D eigenvalue weighted by Gasteiger charge is 2.23. The summed E-state index contributed by atoms with van der Waals surface area (Å²) in [6, 6.07) is 14.1. The average Bonchev–Trinajstić information content (AvgIpc) is 3.30. The largest absolute Gasteiger partial charge is 0.494 e. The molecule has 4 rings (SSSR count). The Bertz CT molecular complexity index is 1140. The third-order valence-corrected chi connectivity index (χ3v) is 7.07. The third-order valence-electron chi connectivity index (χ3n) is 6.27. The molecule has 0 spiro atoms. The lowest BCUT2D eigenvalue weighted by Crippen LogP contribution is -2.39. The van der Waals surface area contributed by atoms with Crippen LogP contribution >= 0.6 is 11.3 Å². The first-order valence-electron chi connectivity index (χ1n) is 12.0. The van der Waals surface area contributed by atoms with Crippen LogP contribution in [0.3, 0.4) is 0 Å². The van der Waals surface area contributed by atoms with Crippen LogP contribution in [-0.4, -0.2) is 41.4 Å². The number of carbonyl (C=O) groups excluding carboxylic acids is 2. The number of ether oxygens (including phenoxy) is 1. The Balaban J connectivity index is 1.20. The van der Waals surface area contributed by atoms with E-state index in [0.29, 0.717) is 23.4 Å². The fourth-order valence-corrected chi connectivity index (χ4v) is 4.99. The summed E-state index contributed by atoms with van der Waals surface area (Å²) >= 11 is 1.23. The maximum absolute atomic E-state index is 13.8. The number of amides is 2. The molecular weight excluding hydrogens is 465 g/mol. The number of benzene rings is 2. The number of hydrogen-bond donors (Lipinski definition) is 1. The molecule has 3 aromatic rings. The predicted octanol–water partition coefficient (Wildman–Crippen LogP) is 5.35. The lowest BCUT2D eigenvalue weighted by Gasteiger charge is -2.32. The van der Waals surface area contributed by atoms with Crippen LogP contribution in [0.15, 0.2) is 53.9 Å². The Morgan fingerprint density at radius 3 is 2.60 bits per heavy atom. The fraction of sp³-hybridized carbons (Fsp3) is 0.370. The zero-order chi connectivity index (χ0) is 24.6. The second kappa shape index (κ2) is 11.9. The summed E-state index contributed by atoms with van der Waals surface area (Å²) in [5.41, 5.74) is 1.89. The van der Waals surface area contributed by atoms with Gasteiger partial charge in [-0.25, -0.2) is 9.37 Å². The molecule has 1 aliphatic heterocycles. The van der Waals surface area contributed by atoms with Crippen molar-refractivity contribution < 1.29 is 18.7 Å². The number of carbonyl (C=O) groups is 2. The fourth-order valence-electron chi connectivity index (χ4n) is 4.28. The molecule has 1 N–H and O–H groups in total. The van der Waals surface area contributed by atoms with Crippen LogP contribution in [-0.2, 0) is 17.6 Å². The van der Waals surface area contributed by atoms with Gasteiger partial charge in [-0.2, -0.15) is 0 Å². The van der Waals surface area contributed by atoms with E-state index in [1.165, 1.54) is 35.1 Å². The van der Waals surface area contributed by atoms with Crippen LogP contribution < -0.4 is 10.1 Å². The number of rotatable bonds is 9. The van der Waals surface area contributed by atoms with E-state index < -0.39 is 11.7 Å². The second-order valence-electron chi connectivity index (χ2n) is 8.69. The molecule has 0 saturated carbocycles. The normalized spacial score (nSPS) is 14.1. The highest BCUT2D eigenvalue weighted by Crippen LogP contribution is 2.24. The Kier molecular flexibility index (Phi) is 8.47. The summed E-state index contributed by atoms with van der Waals surface area (Å²) in [6.07, 6.45) is 4.36. The van der Waals surface area contributed by atoms with Gasteiger partial charge in [-0.3, -0.25) is 14.9 Å². The highest BCUT2D eigenvalue weighted by atomic mass is 32.1. The van der Waals surface area contributed by atoms with E-state index >= 15 is 0 Å². The molecule has 184 valence electrons. The molecule has 8 heteroatoms. The van der Waals surface area contributed by atoms with Crippen molar-refractivity contribution in [2.75, 3.05) is 25.0 Å². The maximum Gasteiger partial charge on any atom is 0.260 e. The summed E-state index contributed by atoms with van der Waals surface area (Å²) in [6.45, 7) is 4.17. The first kappa shape index (κ1) is 24.9. The summed E-state index contributed by atoms with van der Waals surface area (Å²) in [7, 11) is 0. The van der Waals surface area contributed by atoms with Crippen LogP contribution in [0.2, 0.25) is 0 Å². The highest BCUT2D eigenvalue weighted by molar-refractivity contribution is 7.14. The van der Waals surface area contributed by atoms with Gasteiger partial charge >= 0.3 is 0 Å². The molecule has 0 radical (unpaired) electrons. The topological polar surface area (TPSA) is 71.5 Å². The van der Waals surface area contributed by atoms with Gasteiger partial charge in [0.2, 0.25) is 5.91 Å². The predicted molar refractivity (Wildman–Crippen MR) is 135 cm³/mol. The van der Waals surface area contributed by atoms with Crippen LogP contribution in [0.1, 0.15) is 47.8 Å². The van der Waals surface area contributed by atoms with Crippen molar-refractivity contribution in [1.82, 2.24) is 9.88 Å². The third kappa shape index (κ3) is 6.88. The lowest BCUT2D eigenvalue weighted by molar-refractivity contribution is -0.131. The molecule has 1 aromatic heterocycles. The van der Waals surface area contributed by atoms with Gasteiger partial charge in [0.25, 0.3) is 5.91 Å². The number of nitrogens with zero attached hydrogens (tertiary/aromatic N) is 2. The van der Waals surface area contributed by atoms with E-state index in [-0.39, 0.29) is 17.9 Å². The molecule has 35 heavy (non-hydrogen) atoms. The smallest absolute Gasteiger partial charge is 0.260 e. The Morgan fingerprint density at radius 2 is 1.89 bits per heavy atom. The van der Waals surface area contributed by atoms with Gasteiger partial charge in [0.05, 0.1) is 24.3 Å². The van der Waals surface area contributed by atoms with Crippen molar-refractivity contribution in [1.29, 1.82) is 0 Å². The first-order chi connectivity index (χ1) is 17.0. The number of aromatic nitrogens is 1. The molecule has 0 bridgehead atoms. The minimum Gasteiger partial charge on any atom is -0.494 e. The minimum atomic E-state index is -0.583. The minimum absolute atomic E-state index is 0.0364. The molecular formula is C27H30FN3O3S. The Hall–Kier alpha value is -3.26. The summed E-state index contributed by atoms with van der Waals surface area (Å²) in [4.78, 5) is 31.3. The molecule has 6 nitrogen and oxygen atoms in total. The maximum atomic E-state index is 13.8. The van der Waals surface area contributed by atoms with Gasteiger partial charge in [0.15, 0.2) is 5.13 Å². The molecule has 0 unspecified atom stereocenters. The van der Waals surface area contributed by atoms with Crippen molar-refractivity contribution in [3.8, 4) is 5.75 Å². The van der Waals surface area contributed by atoms with Crippen LogP contribution in [0.4, 0.5) is 9.52 Å². The monoisotopic (exact) mass is 495 g/mol. The molecule has 2 aromatic carbocycles. The molecule has 1 saturated heterocycles. The van der Waals surface area contributed by atoms with Crippen LogP contribution in [0, 0.1) is 11.7 Å². The standard InChI is InChI=1S/C27H30FN3O3S/c1-2-34-22-11-9-19(10-12-22)7-8-20-13-15-31(16-14-20)25(32)17-21-18-35-27(29-21)30-26(33)23-5-3-4-6-24(23)28/h3-6,9-12,18,20H,2,7-8,13-17H2,1H3,(H,29,30,33). The number of anilines is 1. The summed E-state index contributed by atoms with van der Waals surface area (Å²) < 4.78 is 19.3. The molecule has 0 aliphatic carbocycles. The number of halogens is 1. The lowest BCUT2D eigenvalue weighted by atomic mass is 9.90. The SMILES string of the molecule is CCOc1ccc(CCC2CCN(C(=O)Cc3csc(NC(=O)c4ccccc4F)n3)CC2)cc1. The van der Waals surface area contributed by atoms with Crippen LogP contribution in [0.5, 0.6) is 5.75 Å². The van der Waals surface area contributed by atoms with Crippen molar-refractivity contribution >= 4 is 28.3 Å². The van der Waals surface area contributed by atoms with Crippen LogP contribution in [0.25, 0.3) is 0 Å². The number of thiazole rings is 1. The van der Waals surface area contributed by atoms with E-state index in [1.54, 1.807) is 11.4 Å². The van der Waals surface area contributed by atoms with E-state index in [9.17, 15) is 14.0 Å². The summed E-state index contributed by atoms with van der Waals surface area (Å²) in [5.74, 6) is 0.433. The zero-order valence-corrected chi connectivity index (χ0v) is 20.7. The zero-order valence-electron chi connectivity index (χ0n) is 19.8. The average molecular weight is 496 g/mol. The van der Waals surface area contributed by atoms with Gasteiger partial charge in [0.1, 0.15) is 11.6 Å². The van der Waals surface area contributed by atoms with Gasteiger partial charge in [-0.1, -0.05) is 24.3 Å². The molecule has 2 heterocycles. The summed E-state index contributed by atoms with van der Waals surface area (Å²) in [5, 5.41) is 4.73. The van der Waals surface area contributed by atoms with Gasteiger partial charge < -0.3 is 9.64 Å². The van der Waals surface area contributed by atoms with Crippen molar-refractivity contribution in [3.05, 3.63) is 76.5 Å². The quantitative estimate of drug-likeness (QED) is 0.435. The Labute approximate surface area is 209 Å². The Morgan fingerprint density at radius 1 is 1.14 bits per heavy atom. The van der Waals surface area contributed by atoms with E-state index in [1.807, 2.05) is 24.0 Å². The van der Waals surface area contributed by atoms with Crippen molar-refractivity contribution in [3.63, 3.8) is 0 Å². The number of piperidine rings is 1. The second-order valence-corrected chi connectivity index (χ2v) is 9.55. The molecule has 2 amide bonds. The van der Waals surface area contributed by atoms with Crippen molar-refractivity contribution in [2.45, 2.75) is 39.0 Å². The van der Waals surface area contributed by atoms with Gasteiger partial charge in [0, 0.05) is 18.5 Å². The molecule has 0 atom stereocenters. The van der Waals surface area contributed by atoms with Gasteiger partial charge in [-0.05, 0) is 68.4 Å². The number of nitrogens with one attached hydrogen (secondary N) is 1. The van der Waals surface area contributed by atoms with E-state index in [4.69, 9.17) is 4.74 Å². The first-order valence-corrected chi connectivity index (χ1v) is 12.9. The number of hydrogen-bond acceptors (Lipinski definition) is 5. The van der Waals surface area contributed by atoms with E-state index in [2.05, 4.69) is 22.4 Å².